The number of anilines is 1. The summed E-state index contributed by atoms with van der Waals surface area (Å²) in [5.41, 5.74) is 3.83. The number of nitrogens with zero attached hydrogens (tertiary/aromatic N) is 2. The number of piperidine rings is 1. The van der Waals surface area contributed by atoms with E-state index < -0.39 is 0 Å². The molecule has 0 saturated carbocycles. The zero-order valence-electron chi connectivity index (χ0n) is 15.9. The van der Waals surface area contributed by atoms with Crippen LogP contribution in [-0.4, -0.2) is 41.5 Å². The number of pyridine rings is 1. The van der Waals surface area contributed by atoms with E-state index >= 15 is 0 Å². The fourth-order valence-electron chi connectivity index (χ4n) is 3.25. The second kappa shape index (κ2) is 8.66. The number of nitrogens with one attached hydrogen (secondary N) is 2. The maximum atomic E-state index is 12.4. The van der Waals surface area contributed by atoms with Gasteiger partial charge in [0.05, 0.1) is 0 Å². The highest BCUT2D eigenvalue weighted by atomic mass is 16.2. The number of rotatable bonds is 4. The molecular formula is C21H26N4O2. The number of amides is 3. The highest BCUT2D eigenvalue weighted by molar-refractivity contribution is 5.94. The van der Waals surface area contributed by atoms with Crippen LogP contribution in [0.25, 0.3) is 0 Å². The van der Waals surface area contributed by atoms with E-state index in [1.54, 1.807) is 24.5 Å². The third-order valence-corrected chi connectivity index (χ3v) is 5.15. The molecule has 1 aromatic heterocycles. The molecule has 2 heterocycles. The van der Waals surface area contributed by atoms with Crippen LogP contribution in [-0.2, 0) is 0 Å². The second-order valence-corrected chi connectivity index (χ2v) is 7.11. The summed E-state index contributed by atoms with van der Waals surface area (Å²) in [7, 11) is 0. The normalized spacial score (nSPS) is 14.7. The van der Waals surface area contributed by atoms with Gasteiger partial charge in [0.25, 0.3) is 5.91 Å². The van der Waals surface area contributed by atoms with Gasteiger partial charge < -0.3 is 15.5 Å². The van der Waals surface area contributed by atoms with Gasteiger partial charge in [0, 0.05) is 43.3 Å². The molecule has 3 amide bonds. The molecule has 1 aliphatic rings. The lowest BCUT2D eigenvalue weighted by molar-refractivity contribution is 0.0690. The van der Waals surface area contributed by atoms with Crippen molar-refractivity contribution in [3.63, 3.8) is 0 Å². The summed E-state index contributed by atoms with van der Waals surface area (Å²) < 4.78 is 0. The largest absolute Gasteiger partial charge is 0.339 e. The molecule has 1 saturated heterocycles. The Bertz CT molecular complexity index is 799. The number of aromatic nitrogens is 1. The molecule has 27 heavy (non-hydrogen) atoms. The van der Waals surface area contributed by atoms with Crippen molar-refractivity contribution in [1.82, 2.24) is 15.2 Å². The van der Waals surface area contributed by atoms with E-state index in [1.165, 1.54) is 5.56 Å². The molecule has 0 unspecified atom stereocenters. The van der Waals surface area contributed by atoms with E-state index in [4.69, 9.17) is 0 Å². The first-order valence-corrected chi connectivity index (χ1v) is 9.34. The first-order chi connectivity index (χ1) is 13.0. The number of carbonyl (C=O) groups excluding carboxylic acids is 2. The van der Waals surface area contributed by atoms with E-state index in [2.05, 4.69) is 15.6 Å². The maximum absolute atomic E-state index is 12.4. The molecular weight excluding hydrogens is 340 g/mol. The van der Waals surface area contributed by atoms with Gasteiger partial charge in [-0.15, -0.1) is 0 Å². The average molecular weight is 366 g/mol. The Hall–Kier alpha value is -2.89. The van der Waals surface area contributed by atoms with Crippen molar-refractivity contribution in [2.75, 3.05) is 25.0 Å². The average Bonchev–Trinajstić information content (AvgIpc) is 2.70. The highest BCUT2D eigenvalue weighted by Crippen LogP contribution is 2.19. The van der Waals surface area contributed by atoms with Crippen LogP contribution in [0.1, 0.15) is 34.3 Å². The van der Waals surface area contributed by atoms with Crippen molar-refractivity contribution in [2.24, 2.45) is 5.92 Å². The Balaban J connectivity index is 1.42. The molecule has 6 heteroatoms. The zero-order chi connectivity index (χ0) is 19.2. The number of hydrogen-bond donors (Lipinski definition) is 2. The summed E-state index contributed by atoms with van der Waals surface area (Å²) in [4.78, 5) is 30.4. The summed E-state index contributed by atoms with van der Waals surface area (Å²) in [6, 6.07) is 9.18. The van der Waals surface area contributed by atoms with Gasteiger partial charge in [-0.3, -0.25) is 9.78 Å². The van der Waals surface area contributed by atoms with Gasteiger partial charge in [-0.2, -0.15) is 0 Å². The van der Waals surface area contributed by atoms with Crippen molar-refractivity contribution in [3.8, 4) is 0 Å². The molecule has 142 valence electrons. The quantitative estimate of drug-likeness (QED) is 0.871. The minimum absolute atomic E-state index is 0.0521. The first kappa shape index (κ1) is 18.9. The SMILES string of the molecule is Cc1ccc(NC(=O)NCC2CCN(C(=O)c3ccncc3)CC2)cc1C. The lowest BCUT2D eigenvalue weighted by Gasteiger charge is -2.32. The van der Waals surface area contributed by atoms with Crippen LogP contribution in [0.15, 0.2) is 42.7 Å². The van der Waals surface area contributed by atoms with Gasteiger partial charge >= 0.3 is 6.03 Å². The van der Waals surface area contributed by atoms with Crippen LogP contribution in [0.4, 0.5) is 10.5 Å². The Labute approximate surface area is 160 Å². The summed E-state index contributed by atoms with van der Waals surface area (Å²) in [6.07, 6.45) is 5.05. The summed E-state index contributed by atoms with van der Waals surface area (Å²) in [6.45, 7) is 6.12. The van der Waals surface area contributed by atoms with Crippen LogP contribution >= 0.6 is 0 Å². The van der Waals surface area contributed by atoms with Crippen molar-refractivity contribution in [1.29, 1.82) is 0 Å². The Kier molecular flexibility index (Phi) is 6.06. The van der Waals surface area contributed by atoms with Crippen molar-refractivity contribution >= 4 is 17.6 Å². The molecule has 0 atom stereocenters. The van der Waals surface area contributed by atoms with Crippen LogP contribution in [0.3, 0.4) is 0 Å². The number of hydrogen-bond acceptors (Lipinski definition) is 3. The Morgan fingerprint density at radius 1 is 1.07 bits per heavy atom. The Morgan fingerprint density at radius 3 is 2.44 bits per heavy atom. The number of benzene rings is 1. The zero-order valence-corrected chi connectivity index (χ0v) is 15.9. The lowest BCUT2D eigenvalue weighted by atomic mass is 9.96. The second-order valence-electron chi connectivity index (χ2n) is 7.11. The van der Waals surface area contributed by atoms with E-state index in [0.717, 1.165) is 24.1 Å². The van der Waals surface area contributed by atoms with E-state index in [0.29, 0.717) is 31.1 Å². The fourth-order valence-corrected chi connectivity index (χ4v) is 3.25. The third-order valence-electron chi connectivity index (χ3n) is 5.15. The van der Waals surface area contributed by atoms with Gasteiger partial charge in [0.1, 0.15) is 0 Å². The third kappa shape index (κ3) is 5.06. The Morgan fingerprint density at radius 2 is 1.78 bits per heavy atom. The molecule has 1 aliphatic heterocycles. The van der Waals surface area contributed by atoms with Gasteiger partial charge in [-0.1, -0.05) is 6.07 Å². The molecule has 2 aromatic rings. The molecule has 1 fully saturated rings. The lowest BCUT2D eigenvalue weighted by Crippen LogP contribution is -2.42. The molecule has 0 spiro atoms. The molecule has 1 aromatic carbocycles. The van der Waals surface area contributed by atoms with Gasteiger partial charge in [-0.05, 0) is 68.0 Å². The summed E-state index contributed by atoms with van der Waals surface area (Å²) in [5.74, 6) is 0.438. The number of likely N-dealkylation sites (tertiary alicyclic amines) is 1. The predicted molar refractivity (Wildman–Crippen MR) is 106 cm³/mol. The topological polar surface area (TPSA) is 74.3 Å². The molecule has 0 aliphatic carbocycles. The summed E-state index contributed by atoms with van der Waals surface area (Å²) >= 11 is 0. The van der Waals surface area contributed by atoms with E-state index in [-0.39, 0.29) is 11.9 Å². The minimum atomic E-state index is -0.187. The van der Waals surface area contributed by atoms with Crippen LogP contribution < -0.4 is 10.6 Å². The van der Waals surface area contributed by atoms with Crippen molar-refractivity contribution < 1.29 is 9.59 Å². The smallest absolute Gasteiger partial charge is 0.319 e. The maximum Gasteiger partial charge on any atom is 0.319 e. The predicted octanol–water partition coefficient (Wildman–Crippen LogP) is 3.37. The van der Waals surface area contributed by atoms with Gasteiger partial charge in [0.15, 0.2) is 0 Å². The van der Waals surface area contributed by atoms with Crippen molar-refractivity contribution in [2.45, 2.75) is 26.7 Å². The molecule has 6 nitrogen and oxygen atoms in total. The monoisotopic (exact) mass is 366 g/mol. The minimum Gasteiger partial charge on any atom is -0.339 e. The molecule has 0 radical (unpaired) electrons. The van der Waals surface area contributed by atoms with E-state index in [1.807, 2.05) is 36.9 Å². The molecule has 2 N–H and O–H groups in total. The number of urea groups is 1. The summed E-state index contributed by atoms with van der Waals surface area (Å²) in [5, 5.41) is 5.83. The van der Waals surface area contributed by atoms with E-state index in [9.17, 15) is 9.59 Å². The molecule has 0 bridgehead atoms. The first-order valence-electron chi connectivity index (χ1n) is 9.34. The fraction of sp³-hybridized carbons (Fsp3) is 0.381. The number of aryl methyl sites for hydroxylation is 2. The van der Waals surface area contributed by atoms with Crippen LogP contribution in [0, 0.1) is 19.8 Å². The highest BCUT2D eigenvalue weighted by Gasteiger charge is 2.23. The van der Waals surface area contributed by atoms with Gasteiger partial charge in [-0.25, -0.2) is 4.79 Å². The van der Waals surface area contributed by atoms with Crippen LogP contribution in [0.2, 0.25) is 0 Å². The number of carbonyl (C=O) groups is 2. The molecule has 3 rings (SSSR count). The standard InChI is InChI=1S/C21H26N4O2/c1-15-3-4-19(13-16(15)2)24-21(27)23-14-17-7-11-25(12-8-17)20(26)18-5-9-22-10-6-18/h3-6,9-10,13,17H,7-8,11-12,14H2,1-2H3,(H2,23,24,27). The van der Waals surface area contributed by atoms with Crippen LogP contribution in [0.5, 0.6) is 0 Å². The van der Waals surface area contributed by atoms with Crippen molar-refractivity contribution in [3.05, 3.63) is 59.4 Å². The van der Waals surface area contributed by atoms with Gasteiger partial charge in [0.2, 0.25) is 0 Å².